The zero-order valence-corrected chi connectivity index (χ0v) is 13.4. The van der Waals surface area contributed by atoms with Gasteiger partial charge in [-0.25, -0.2) is 0 Å². The number of hydrogen-bond donors (Lipinski definition) is 1. The van der Waals surface area contributed by atoms with Gasteiger partial charge in [-0.15, -0.1) is 0 Å². The van der Waals surface area contributed by atoms with Crippen LogP contribution in [0.1, 0.15) is 52.4 Å². The number of ether oxygens (including phenoxy) is 1. The molecule has 0 aliphatic rings. The van der Waals surface area contributed by atoms with E-state index in [0.717, 1.165) is 18.5 Å². The van der Waals surface area contributed by atoms with Gasteiger partial charge >= 0.3 is 0 Å². The van der Waals surface area contributed by atoms with E-state index in [9.17, 15) is 9.90 Å². The van der Waals surface area contributed by atoms with Gasteiger partial charge in [-0.1, -0.05) is 39.0 Å². The molecule has 1 amide bonds. The number of aromatic hydroxyl groups is 1. The average molecular weight is 293 g/mol. The van der Waals surface area contributed by atoms with Crippen molar-refractivity contribution in [1.82, 2.24) is 0 Å². The maximum Gasteiger partial charge on any atom is 0.223 e. The molecule has 0 bridgehead atoms. The highest BCUT2D eigenvalue weighted by atomic mass is 16.5. The molecule has 0 radical (unpaired) electrons. The summed E-state index contributed by atoms with van der Waals surface area (Å²) in [7, 11) is 1.50. The minimum absolute atomic E-state index is 0.0105. The number of phenolic OH excluding ortho intramolecular Hbond substituents is 1. The molecule has 1 aromatic carbocycles. The Bertz CT molecular complexity index is 446. The van der Waals surface area contributed by atoms with Crippen LogP contribution in [0.4, 0.5) is 5.69 Å². The molecule has 1 rings (SSSR count). The molecule has 0 atom stereocenters. The molecule has 0 saturated heterocycles. The second-order valence-corrected chi connectivity index (χ2v) is 5.29. The van der Waals surface area contributed by atoms with Crippen LogP contribution >= 0.6 is 0 Å². The third kappa shape index (κ3) is 5.66. The van der Waals surface area contributed by atoms with Gasteiger partial charge in [-0.2, -0.15) is 0 Å². The summed E-state index contributed by atoms with van der Waals surface area (Å²) < 4.78 is 5.10. The fourth-order valence-electron chi connectivity index (χ4n) is 2.35. The SMILES string of the molecule is CCCCCCCCN(C(C)=O)c1ccc(O)c(OC)c1. The largest absolute Gasteiger partial charge is 0.504 e. The van der Waals surface area contributed by atoms with Crippen molar-refractivity contribution in [2.75, 3.05) is 18.6 Å². The molecule has 118 valence electrons. The van der Waals surface area contributed by atoms with E-state index in [1.807, 2.05) is 0 Å². The molecule has 0 heterocycles. The van der Waals surface area contributed by atoms with E-state index in [2.05, 4.69) is 6.92 Å². The molecule has 1 aromatic rings. The third-order valence-electron chi connectivity index (χ3n) is 3.59. The summed E-state index contributed by atoms with van der Waals surface area (Å²) in [5.74, 6) is 0.488. The molecule has 1 N–H and O–H groups in total. The molecule has 4 nitrogen and oxygen atoms in total. The Morgan fingerprint density at radius 3 is 2.48 bits per heavy atom. The number of anilines is 1. The molecule has 0 saturated carbocycles. The first-order valence-electron chi connectivity index (χ1n) is 7.75. The Morgan fingerprint density at radius 1 is 1.19 bits per heavy atom. The second kappa shape index (κ2) is 9.27. The van der Waals surface area contributed by atoms with Gasteiger partial charge in [0.05, 0.1) is 7.11 Å². The van der Waals surface area contributed by atoms with Crippen LogP contribution in [0.15, 0.2) is 18.2 Å². The van der Waals surface area contributed by atoms with Gasteiger partial charge in [-0.3, -0.25) is 4.79 Å². The van der Waals surface area contributed by atoms with E-state index >= 15 is 0 Å². The summed E-state index contributed by atoms with van der Waals surface area (Å²) in [6, 6.07) is 5.01. The fraction of sp³-hybridized carbons (Fsp3) is 0.588. The van der Waals surface area contributed by atoms with E-state index in [0.29, 0.717) is 12.3 Å². The van der Waals surface area contributed by atoms with Gasteiger partial charge in [-0.05, 0) is 18.6 Å². The van der Waals surface area contributed by atoms with Crippen LogP contribution in [-0.2, 0) is 4.79 Å². The minimum atomic E-state index is 0.0105. The molecular weight excluding hydrogens is 266 g/mol. The zero-order valence-electron chi connectivity index (χ0n) is 13.4. The number of unbranched alkanes of at least 4 members (excludes halogenated alkanes) is 5. The smallest absolute Gasteiger partial charge is 0.223 e. The number of phenols is 1. The van der Waals surface area contributed by atoms with Gasteiger partial charge in [0.25, 0.3) is 0 Å². The highest BCUT2D eigenvalue weighted by Gasteiger charge is 2.13. The van der Waals surface area contributed by atoms with Crippen molar-refractivity contribution in [2.45, 2.75) is 52.4 Å². The lowest BCUT2D eigenvalue weighted by atomic mass is 10.1. The van der Waals surface area contributed by atoms with Crippen molar-refractivity contribution >= 4 is 11.6 Å². The summed E-state index contributed by atoms with van der Waals surface area (Å²) in [4.78, 5) is 13.6. The normalized spacial score (nSPS) is 10.4. The van der Waals surface area contributed by atoms with Crippen LogP contribution in [0.3, 0.4) is 0 Å². The highest BCUT2D eigenvalue weighted by molar-refractivity contribution is 5.91. The van der Waals surface area contributed by atoms with Crippen molar-refractivity contribution in [3.8, 4) is 11.5 Å². The zero-order chi connectivity index (χ0) is 15.7. The molecule has 0 fully saturated rings. The average Bonchev–Trinajstić information content (AvgIpc) is 2.47. The summed E-state index contributed by atoms with van der Waals surface area (Å²) in [5, 5.41) is 9.62. The topological polar surface area (TPSA) is 49.8 Å². The molecule has 0 unspecified atom stereocenters. The number of rotatable bonds is 9. The predicted molar refractivity (Wildman–Crippen MR) is 86.1 cm³/mol. The van der Waals surface area contributed by atoms with Crippen LogP contribution in [0.25, 0.3) is 0 Å². The van der Waals surface area contributed by atoms with Gasteiger partial charge in [0.1, 0.15) is 0 Å². The molecule has 21 heavy (non-hydrogen) atoms. The van der Waals surface area contributed by atoms with E-state index in [1.165, 1.54) is 32.8 Å². The summed E-state index contributed by atoms with van der Waals surface area (Å²) in [5.41, 5.74) is 0.769. The quantitative estimate of drug-likeness (QED) is 0.697. The van der Waals surface area contributed by atoms with Gasteiger partial charge in [0.2, 0.25) is 5.91 Å². The van der Waals surface area contributed by atoms with Crippen molar-refractivity contribution in [3.63, 3.8) is 0 Å². The lowest BCUT2D eigenvalue weighted by molar-refractivity contribution is -0.116. The second-order valence-electron chi connectivity index (χ2n) is 5.29. The van der Waals surface area contributed by atoms with Crippen molar-refractivity contribution in [3.05, 3.63) is 18.2 Å². The van der Waals surface area contributed by atoms with Crippen LogP contribution < -0.4 is 9.64 Å². The standard InChI is InChI=1S/C17H27NO3/c1-4-5-6-7-8-9-12-18(14(2)19)15-10-11-16(20)17(13-15)21-3/h10-11,13,20H,4-9,12H2,1-3H3. The highest BCUT2D eigenvalue weighted by Crippen LogP contribution is 2.30. The first kappa shape index (κ1) is 17.3. The molecule has 0 aliphatic carbocycles. The number of nitrogens with zero attached hydrogens (tertiary/aromatic N) is 1. The molecular formula is C17H27NO3. The Morgan fingerprint density at radius 2 is 1.86 bits per heavy atom. The number of methoxy groups -OCH3 is 1. The number of hydrogen-bond acceptors (Lipinski definition) is 3. The lowest BCUT2D eigenvalue weighted by Crippen LogP contribution is -2.29. The van der Waals surface area contributed by atoms with E-state index in [-0.39, 0.29) is 11.7 Å². The Labute approximate surface area is 127 Å². The fourth-order valence-corrected chi connectivity index (χ4v) is 2.35. The summed E-state index contributed by atoms with van der Waals surface area (Å²) >= 11 is 0. The van der Waals surface area contributed by atoms with Gasteiger partial charge < -0.3 is 14.7 Å². The number of amides is 1. The predicted octanol–water partition coefficient (Wildman–Crippen LogP) is 4.11. The van der Waals surface area contributed by atoms with Crippen molar-refractivity contribution < 1.29 is 14.6 Å². The van der Waals surface area contributed by atoms with Crippen molar-refractivity contribution in [2.24, 2.45) is 0 Å². The molecule has 0 spiro atoms. The Kier molecular flexibility index (Phi) is 7.65. The molecule has 0 aromatic heterocycles. The molecule has 0 aliphatic heterocycles. The van der Waals surface area contributed by atoms with Crippen LogP contribution in [0, 0.1) is 0 Å². The van der Waals surface area contributed by atoms with Gasteiger partial charge in [0.15, 0.2) is 11.5 Å². The van der Waals surface area contributed by atoms with Crippen molar-refractivity contribution in [1.29, 1.82) is 0 Å². The Balaban J connectivity index is 2.59. The van der Waals surface area contributed by atoms with Gasteiger partial charge in [0, 0.05) is 25.2 Å². The first-order valence-corrected chi connectivity index (χ1v) is 7.75. The van der Waals surface area contributed by atoms with E-state index in [1.54, 1.807) is 30.0 Å². The third-order valence-corrected chi connectivity index (χ3v) is 3.59. The molecule has 4 heteroatoms. The van der Waals surface area contributed by atoms with Crippen LogP contribution in [0.2, 0.25) is 0 Å². The summed E-state index contributed by atoms with van der Waals surface area (Å²) in [6.45, 7) is 4.47. The lowest BCUT2D eigenvalue weighted by Gasteiger charge is -2.22. The maximum absolute atomic E-state index is 11.8. The van der Waals surface area contributed by atoms with Crippen LogP contribution in [-0.4, -0.2) is 24.7 Å². The number of carbonyl (C=O) groups is 1. The monoisotopic (exact) mass is 293 g/mol. The maximum atomic E-state index is 11.8. The van der Waals surface area contributed by atoms with E-state index < -0.39 is 0 Å². The minimum Gasteiger partial charge on any atom is -0.504 e. The first-order chi connectivity index (χ1) is 10.1. The van der Waals surface area contributed by atoms with Crippen LogP contribution in [0.5, 0.6) is 11.5 Å². The number of carbonyl (C=O) groups excluding carboxylic acids is 1. The summed E-state index contributed by atoms with van der Waals surface area (Å²) in [6.07, 6.45) is 7.14. The Hall–Kier alpha value is -1.71. The van der Waals surface area contributed by atoms with E-state index in [4.69, 9.17) is 4.74 Å². The number of benzene rings is 1.